The van der Waals surface area contributed by atoms with Gasteiger partial charge in [-0.2, -0.15) is 0 Å². The summed E-state index contributed by atoms with van der Waals surface area (Å²) in [7, 11) is 0. The molecule has 8 heteroatoms. The molecule has 2 aliphatic heterocycles. The van der Waals surface area contributed by atoms with E-state index in [0.717, 1.165) is 46.0 Å². The van der Waals surface area contributed by atoms with Crippen LogP contribution in [0.3, 0.4) is 0 Å². The van der Waals surface area contributed by atoms with Crippen LogP contribution in [-0.2, 0) is 23.5 Å². The first-order chi connectivity index (χ1) is 17.4. The molecule has 1 unspecified atom stereocenters. The van der Waals surface area contributed by atoms with Gasteiger partial charge in [0, 0.05) is 17.7 Å². The SMILES string of the molecule is CCC1(C)Cc2nc3nc(SCc4ccc5c(c4)OCO5)n(-c4ccc(C)cc4)c(=O)c3cc2CO1. The monoisotopic (exact) mass is 501 g/mol. The summed E-state index contributed by atoms with van der Waals surface area (Å²) in [6.07, 6.45) is 1.60. The molecule has 0 saturated carbocycles. The lowest BCUT2D eigenvalue weighted by Crippen LogP contribution is -2.35. The maximum atomic E-state index is 13.9. The molecule has 184 valence electrons. The number of aromatic nitrogens is 3. The molecule has 0 aliphatic carbocycles. The van der Waals surface area contributed by atoms with Gasteiger partial charge >= 0.3 is 0 Å². The largest absolute Gasteiger partial charge is 0.454 e. The Morgan fingerprint density at radius 3 is 2.67 bits per heavy atom. The highest BCUT2D eigenvalue weighted by Crippen LogP contribution is 2.35. The van der Waals surface area contributed by atoms with Crippen molar-refractivity contribution in [2.75, 3.05) is 6.79 Å². The van der Waals surface area contributed by atoms with E-state index < -0.39 is 0 Å². The number of hydrogen-bond acceptors (Lipinski definition) is 7. The van der Waals surface area contributed by atoms with Crippen LogP contribution in [0.5, 0.6) is 11.5 Å². The van der Waals surface area contributed by atoms with E-state index in [9.17, 15) is 4.79 Å². The molecule has 7 nitrogen and oxygen atoms in total. The molecule has 0 saturated heterocycles. The van der Waals surface area contributed by atoms with Crippen molar-refractivity contribution in [1.82, 2.24) is 14.5 Å². The topological polar surface area (TPSA) is 75.5 Å². The van der Waals surface area contributed by atoms with Crippen LogP contribution in [-0.4, -0.2) is 26.9 Å². The van der Waals surface area contributed by atoms with Crippen LogP contribution in [0.1, 0.15) is 42.7 Å². The molecule has 0 spiro atoms. The van der Waals surface area contributed by atoms with Crippen LogP contribution in [0.25, 0.3) is 16.7 Å². The summed E-state index contributed by atoms with van der Waals surface area (Å²) in [6, 6.07) is 15.7. The third-order valence-corrected chi connectivity index (χ3v) is 7.97. The molecule has 4 heterocycles. The normalized spacial score (nSPS) is 18.4. The number of rotatable bonds is 5. The van der Waals surface area contributed by atoms with Crippen LogP contribution < -0.4 is 15.0 Å². The minimum Gasteiger partial charge on any atom is -0.454 e. The van der Waals surface area contributed by atoms with Gasteiger partial charge in [0.2, 0.25) is 6.79 Å². The van der Waals surface area contributed by atoms with Gasteiger partial charge in [-0.15, -0.1) is 0 Å². The minimum atomic E-state index is -0.249. The van der Waals surface area contributed by atoms with E-state index >= 15 is 0 Å². The first-order valence-corrected chi connectivity index (χ1v) is 13.1. The van der Waals surface area contributed by atoms with Crippen LogP contribution in [0, 0.1) is 6.92 Å². The molecule has 0 radical (unpaired) electrons. The highest BCUT2D eigenvalue weighted by molar-refractivity contribution is 7.98. The van der Waals surface area contributed by atoms with Crippen LogP contribution in [0.15, 0.2) is 58.5 Å². The Labute approximate surface area is 213 Å². The number of benzene rings is 2. The smallest absolute Gasteiger partial charge is 0.268 e. The Hall–Kier alpha value is -3.36. The maximum Gasteiger partial charge on any atom is 0.268 e. The second-order valence-electron chi connectivity index (χ2n) is 9.58. The lowest BCUT2D eigenvalue weighted by molar-refractivity contribution is -0.0573. The van der Waals surface area contributed by atoms with Gasteiger partial charge in [0.15, 0.2) is 22.3 Å². The molecule has 0 bridgehead atoms. The van der Waals surface area contributed by atoms with Crippen LogP contribution in [0.2, 0.25) is 0 Å². The lowest BCUT2D eigenvalue weighted by atomic mass is 9.91. The van der Waals surface area contributed by atoms with Crippen molar-refractivity contribution < 1.29 is 14.2 Å². The van der Waals surface area contributed by atoms with Crippen molar-refractivity contribution in [3.63, 3.8) is 0 Å². The van der Waals surface area contributed by atoms with Gasteiger partial charge in [0.1, 0.15) is 0 Å². The third-order valence-electron chi connectivity index (χ3n) is 6.96. The van der Waals surface area contributed by atoms with Crippen LogP contribution in [0.4, 0.5) is 0 Å². The van der Waals surface area contributed by atoms with E-state index in [1.807, 2.05) is 55.5 Å². The molecule has 1 atom stereocenters. The molecule has 36 heavy (non-hydrogen) atoms. The van der Waals surface area contributed by atoms with Crippen molar-refractivity contribution in [1.29, 1.82) is 0 Å². The van der Waals surface area contributed by atoms with Gasteiger partial charge in [-0.1, -0.05) is 42.4 Å². The molecular formula is C28H27N3O4S. The zero-order valence-corrected chi connectivity index (χ0v) is 21.4. The highest BCUT2D eigenvalue weighted by Gasteiger charge is 2.31. The number of hydrogen-bond donors (Lipinski definition) is 0. The summed E-state index contributed by atoms with van der Waals surface area (Å²) in [5, 5.41) is 1.11. The summed E-state index contributed by atoms with van der Waals surface area (Å²) in [5.41, 5.74) is 4.99. The fraction of sp³-hybridized carbons (Fsp3) is 0.321. The molecule has 4 aromatic rings. The Balaban J connectivity index is 1.45. The predicted molar refractivity (Wildman–Crippen MR) is 139 cm³/mol. The summed E-state index contributed by atoms with van der Waals surface area (Å²) in [5.74, 6) is 2.11. The molecule has 0 fully saturated rings. The van der Waals surface area contributed by atoms with Crippen molar-refractivity contribution in [2.24, 2.45) is 0 Å². The van der Waals surface area contributed by atoms with Gasteiger partial charge in [0.25, 0.3) is 5.56 Å². The molecule has 2 aromatic carbocycles. The molecule has 0 amide bonds. The second kappa shape index (κ2) is 8.94. The Morgan fingerprint density at radius 1 is 1.06 bits per heavy atom. The Morgan fingerprint density at radius 2 is 1.86 bits per heavy atom. The number of fused-ring (bicyclic) bond motifs is 3. The number of pyridine rings is 1. The van der Waals surface area contributed by atoms with E-state index in [0.29, 0.717) is 35.0 Å². The van der Waals surface area contributed by atoms with Gasteiger partial charge in [0.05, 0.1) is 29.0 Å². The molecule has 0 N–H and O–H groups in total. The fourth-order valence-corrected chi connectivity index (χ4v) is 5.48. The Kier molecular flexibility index (Phi) is 5.73. The zero-order chi connectivity index (χ0) is 24.9. The van der Waals surface area contributed by atoms with E-state index in [4.69, 9.17) is 24.2 Å². The molecular weight excluding hydrogens is 474 g/mol. The fourth-order valence-electron chi connectivity index (χ4n) is 4.53. The van der Waals surface area contributed by atoms with E-state index in [1.165, 1.54) is 11.8 Å². The maximum absolute atomic E-state index is 13.9. The number of nitrogens with zero attached hydrogens (tertiary/aromatic N) is 3. The number of thioether (sulfide) groups is 1. The summed E-state index contributed by atoms with van der Waals surface area (Å²) in [6.45, 7) is 6.95. The van der Waals surface area contributed by atoms with E-state index in [1.54, 1.807) is 4.57 Å². The van der Waals surface area contributed by atoms with Gasteiger partial charge < -0.3 is 14.2 Å². The first-order valence-electron chi connectivity index (χ1n) is 12.1. The average Bonchev–Trinajstić information content (AvgIpc) is 3.35. The molecule has 2 aliphatic rings. The second-order valence-corrected chi connectivity index (χ2v) is 10.5. The average molecular weight is 502 g/mol. The highest BCUT2D eigenvalue weighted by atomic mass is 32.2. The quantitative estimate of drug-likeness (QED) is 0.269. The minimum absolute atomic E-state index is 0.129. The standard InChI is InChI=1S/C28H27N3O4S/c1-4-28(3)13-22-19(14-35-28)12-21-25(29-22)30-27(31(26(21)32)20-8-5-17(2)6-9-20)36-15-18-7-10-23-24(11-18)34-16-33-23/h5-12H,4,13-16H2,1-3H3. The number of aryl methyl sites for hydroxylation is 1. The predicted octanol–water partition coefficient (Wildman–Crippen LogP) is 5.35. The zero-order valence-electron chi connectivity index (χ0n) is 20.5. The lowest BCUT2D eigenvalue weighted by Gasteiger charge is -2.33. The first kappa shape index (κ1) is 23.1. The van der Waals surface area contributed by atoms with Crippen molar-refractivity contribution in [3.8, 4) is 17.2 Å². The van der Waals surface area contributed by atoms with Gasteiger partial charge in [-0.05, 0) is 56.2 Å². The van der Waals surface area contributed by atoms with Gasteiger partial charge in [-0.3, -0.25) is 9.36 Å². The van der Waals surface area contributed by atoms with Crippen molar-refractivity contribution >= 4 is 22.8 Å². The van der Waals surface area contributed by atoms with E-state index in [2.05, 4.69) is 13.8 Å². The molecule has 2 aromatic heterocycles. The Bertz CT molecular complexity index is 1530. The summed E-state index contributed by atoms with van der Waals surface area (Å²) >= 11 is 1.51. The van der Waals surface area contributed by atoms with Crippen molar-refractivity contribution in [2.45, 2.75) is 56.7 Å². The number of ether oxygens (including phenoxy) is 3. The summed E-state index contributed by atoms with van der Waals surface area (Å²) in [4.78, 5) is 23.7. The van der Waals surface area contributed by atoms with Crippen LogP contribution >= 0.6 is 11.8 Å². The van der Waals surface area contributed by atoms with Gasteiger partial charge in [-0.25, -0.2) is 9.97 Å². The molecule has 6 rings (SSSR count). The van der Waals surface area contributed by atoms with Crippen molar-refractivity contribution in [3.05, 3.63) is 81.3 Å². The third kappa shape index (κ3) is 4.14. The van der Waals surface area contributed by atoms with E-state index in [-0.39, 0.29) is 18.0 Å². The summed E-state index contributed by atoms with van der Waals surface area (Å²) < 4.78 is 18.8.